The maximum absolute atomic E-state index is 12.7. The van der Waals surface area contributed by atoms with Crippen LogP contribution < -0.4 is 0 Å². The Labute approximate surface area is 147 Å². The zero-order chi connectivity index (χ0) is 17.1. The number of aryl methyl sites for hydroxylation is 1. The van der Waals surface area contributed by atoms with Gasteiger partial charge in [-0.3, -0.25) is 19.4 Å². The van der Waals surface area contributed by atoms with E-state index in [0.29, 0.717) is 24.9 Å². The van der Waals surface area contributed by atoms with Gasteiger partial charge in [0.1, 0.15) is 12.7 Å². The second-order valence-electron chi connectivity index (χ2n) is 7.10. The summed E-state index contributed by atoms with van der Waals surface area (Å²) in [5, 5.41) is 4.08. The van der Waals surface area contributed by atoms with Gasteiger partial charge >= 0.3 is 0 Å². The quantitative estimate of drug-likeness (QED) is 0.818. The lowest BCUT2D eigenvalue weighted by Crippen LogP contribution is -2.47. The molecule has 2 aromatic rings. The number of piperidine rings is 1. The average Bonchev–Trinajstić information content (AvgIpc) is 3.01. The minimum absolute atomic E-state index is 0.246. The molecule has 3 aliphatic heterocycles. The second-order valence-corrected chi connectivity index (χ2v) is 7.10. The maximum Gasteiger partial charge on any atom is 0.224 e. The number of carbonyl (C=O) groups excluding carboxylic acids is 1. The molecule has 132 valence electrons. The van der Waals surface area contributed by atoms with Crippen molar-refractivity contribution in [2.24, 2.45) is 5.92 Å². The smallest absolute Gasteiger partial charge is 0.224 e. The van der Waals surface area contributed by atoms with Crippen LogP contribution in [0.1, 0.15) is 24.8 Å². The third-order valence-electron chi connectivity index (χ3n) is 5.29. The van der Waals surface area contributed by atoms with E-state index in [1.165, 1.54) is 18.3 Å². The molecule has 0 aromatic carbocycles. The van der Waals surface area contributed by atoms with E-state index in [1.807, 2.05) is 12.4 Å². The van der Waals surface area contributed by atoms with E-state index in [0.717, 1.165) is 32.6 Å². The highest BCUT2D eigenvalue weighted by molar-refractivity contribution is 5.76. The van der Waals surface area contributed by atoms with Gasteiger partial charge < -0.3 is 4.90 Å². The number of nitrogens with zero attached hydrogens (tertiary/aromatic N) is 6. The fraction of sp³-hybridized carbons (Fsp3) is 0.556. The number of aromatic nitrogens is 4. The molecule has 2 bridgehead atoms. The summed E-state index contributed by atoms with van der Waals surface area (Å²) in [5.41, 5.74) is 1.29. The summed E-state index contributed by atoms with van der Waals surface area (Å²) in [6.07, 6.45) is 9.71. The molecular formula is C18H24N6O. The predicted molar refractivity (Wildman–Crippen MR) is 92.4 cm³/mol. The Morgan fingerprint density at radius 1 is 1.12 bits per heavy atom. The normalized spacial score (nSPS) is 23.6. The molecule has 0 spiro atoms. The first-order valence-electron chi connectivity index (χ1n) is 9.01. The average molecular weight is 340 g/mol. The Bertz CT molecular complexity index is 689. The van der Waals surface area contributed by atoms with Crippen molar-refractivity contribution < 1.29 is 4.79 Å². The Morgan fingerprint density at radius 2 is 2.00 bits per heavy atom. The van der Waals surface area contributed by atoms with E-state index in [2.05, 4.69) is 37.0 Å². The van der Waals surface area contributed by atoms with Gasteiger partial charge in [0, 0.05) is 51.0 Å². The third-order valence-corrected chi connectivity index (χ3v) is 5.29. The fourth-order valence-corrected chi connectivity index (χ4v) is 4.06. The molecule has 0 aliphatic carbocycles. The third kappa shape index (κ3) is 3.87. The Kier molecular flexibility index (Phi) is 4.74. The van der Waals surface area contributed by atoms with Gasteiger partial charge in [-0.1, -0.05) is 0 Å². The van der Waals surface area contributed by atoms with E-state index in [1.54, 1.807) is 11.0 Å². The van der Waals surface area contributed by atoms with Crippen LogP contribution in [0.5, 0.6) is 0 Å². The van der Waals surface area contributed by atoms with Crippen molar-refractivity contribution in [3.63, 3.8) is 0 Å². The summed E-state index contributed by atoms with van der Waals surface area (Å²) in [7, 11) is 0. The maximum atomic E-state index is 12.7. The van der Waals surface area contributed by atoms with Crippen LogP contribution >= 0.6 is 0 Å². The molecule has 0 N–H and O–H groups in total. The lowest BCUT2D eigenvalue weighted by Gasteiger charge is -2.36. The number of hydrogen-bond acceptors (Lipinski definition) is 5. The van der Waals surface area contributed by atoms with E-state index < -0.39 is 0 Å². The number of rotatable bonds is 5. The van der Waals surface area contributed by atoms with E-state index in [9.17, 15) is 4.79 Å². The van der Waals surface area contributed by atoms with Crippen LogP contribution in [-0.4, -0.2) is 61.1 Å². The van der Waals surface area contributed by atoms with Gasteiger partial charge in [-0.05, 0) is 36.5 Å². The Balaban J connectivity index is 1.38. The van der Waals surface area contributed by atoms with Gasteiger partial charge in [0.15, 0.2) is 0 Å². The van der Waals surface area contributed by atoms with Crippen LogP contribution in [0.4, 0.5) is 0 Å². The summed E-state index contributed by atoms with van der Waals surface area (Å²) in [5.74, 6) is 0.826. The Hall–Kier alpha value is -2.28. The van der Waals surface area contributed by atoms with Crippen molar-refractivity contribution in [1.82, 2.24) is 29.5 Å². The van der Waals surface area contributed by atoms with Crippen LogP contribution in [0.15, 0.2) is 37.2 Å². The predicted octanol–water partition coefficient (Wildman–Crippen LogP) is 1.19. The number of carbonyl (C=O) groups is 1. The van der Waals surface area contributed by atoms with Crippen LogP contribution in [0.3, 0.4) is 0 Å². The highest BCUT2D eigenvalue weighted by Crippen LogP contribution is 2.29. The molecule has 3 aliphatic rings. The molecule has 2 aromatic heterocycles. The SMILES string of the molecule is O=C(CCn1cncn1)N1C[C@H]2CC[C@@H]1CN(Cc1ccncc1)C2. The minimum atomic E-state index is 0.246. The molecule has 5 heterocycles. The highest BCUT2D eigenvalue weighted by atomic mass is 16.2. The summed E-state index contributed by atoms with van der Waals surface area (Å²) in [6.45, 7) is 4.48. The second kappa shape index (κ2) is 7.31. The molecule has 3 saturated heterocycles. The van der Waals surface area contributed by atoms with Gasteiger partial charge in [0.2, 0.25) is 5.91 Å². The molecule has 2 atom stereocenters. The summed E-state index contributed by atoms with van der Waals surface area (Å²) in [4.78, 5) is 25.4. The molecule has 25 heavy (non-hydrogen) atoms. The van der Waals surface area contributed by atoms with Gasteiger partial charge in [-0.15, -0.1) is 0 Å². The first-order valence-corrected chi connectivity index (χ1v) is 9.01. The van der Waals surface area contributed by atoms with Crippen molar-refractivity contribution in [2.75, 3.05) is 19.6 Å². The van der Waals surface area contributed by atoms with Crippen molar-refractivity contribution in [3.05, 3.63) is 42.7 Å². The van der Waals surface area contributed by atoms with Gasteiger partial charge in [-0.25, -0.2) is 4.98 Å². The van der Waals surface area contributed by atoms with E-state index in [-0.39, 0.29) is 5.91 Å². The minimum Gasteiger partial charge on any atom is -0.338 e. The largest absolute Gasteiger partial charge is 0.338 e. The van der Waals surface area contributed by atoms with Gasteiger partial charge in [0.25, 0.3) is 0 Å². The van der Waals surface area contributed by atoms with Crippen LogP contribution in [0.25, 0.3) is 0 Å². The highest BCUT2D eigenvalue weighted by Gasteiger charge is 2.36. The lowest BCUT2D eigenvalue weighted by molar-refractivity contribution is -0.135. The molecule has 5 rings (SSSR count). The first kappa shape index (κ1) is 16.2. The first-order chi connectivity index (χ1) is 12.3. The molecule has 0 radical (unpaired) electrons. The van der Waals surface area contributed by atoms with Crippen LogP contribution in [-0.2, 0) is 17.9 Å². The van der Waals surface area contributed by atoms with Gasteiger partial charge in [-0.2, -0.15) is 5.10 Å². The van der Waals surface area contributed by atoms with Crippen LogP contribution in [0.2, 0.25) is 0 Å². The molecule has 7 nitrogen and oxygen atoms in total. The number of pyridine rings is 1. The lowest BCUT2D eigenvalue weighted by atomic mass is 9.94. The summed E-state index contributed by atoms with van der Waals surface area (Å²) >= 11 is 0. The Morgan fingerprint density at radius 3 is 2.80 bits per heavy atom. The molecule has 3 fully saturated rings. The fourth-order valence-electron chi connectivity index (χ4n) is 4.06. The summed E-state index contributed by atoms with van der Waals surface area (Å²) in [6, 6.07) is 4.49. The van der Waals surface area contributed by atoms with Crippen molar-refractivity contribution in [1.29, 1.82) is 0 Å². The van der Waals surface area contributed by atoms with Crippen molar-refractivity contribution in [3.8, 4) is 0 Å². The zero-order valence-electron chi connectivity index (χ0n) is 14.4. The van der Waals surface area contributed by atoms with E-state index in [4.69, 9.17) is 0 Å². The summed E-state index contributed by atoms with van der Waals surface area (Å²) < 4.78 is 1.73. The van der Waals surface area contributed by atoms with Gasteiger partial charge in [0.05, 0.1) is 6.54 Å². The molecule has 0 unspecified atom stereocenters. The number of hydrogen-bond donors (Lipinski definition) is 0. The standard InChI is InChI=1S/C18H24N6O/c25-18(5-8-23-14-20-13-21-23)24-11-16-1-2-17(24)12-22(10-16)9-15-3-6-19-7-4-15/h3-4,6-7,13-14,16-17H,1-2,5,8-12H2/t16-,17+/m0/s1. The number of fused-ring (bicyclic) bond motifs is 4. The topological polar surface area (TPSA) is 67.2 Å². The van der Waals surface area contributed by atoms with E-state index >= 15 is 0 Å². The molecule has 7 heteroatoms. The zero-order valence-corrected chi connectivity index (χ0v) is 14.4. The molecular weight excluding hydrogens is 316 g/mol. The van der Waals surface area contributed by atoms with Crippen LogP contribution in [0, 0.1) is 5.92 Å². The monoisotopic (exact) mass is 340 g/mol. The molecule has 1 amide bonds. The van der Waals surface area contributed by atoms with Crippen molar-refractivity contribution >= 4 is 5.91 Å². The van der Waals surface area contributed by atoms with Crippen molar-refractivity contribution in [2.45, 2.75) is 38.4 Å². The molecule has 0 saturated carbocycles. The number of amides is 1.